The average Bonchev–Trinajstić information content (AvgIpc) is 2.92. The van der Waals surface area contributed by atoms with Crippen LogP contribution in [0.5, 0.6) is 0 Å². The van der Waals surface area contributed by atoms with Gasteiger partial charge in [0.2, 0.25) is 0 Å². The topological polar surface area (TPSA) is 45.2 Å². The van der Waals surface area contributed by atoms with Gasteiger partial charge in [0.05, 0.1) is 0 Å². The fraction of sp³-hybridized carbons (Fsp3) is 0.143. The number of nitrogens with one attached hydrogen (secondary N) is 1. The average molecular weight is 364 g/mol. The maximum atomic E-state index is 13.0. The number of hydrogen-bond acceptors (Lipinski definition) is 3. The Labute approximate surface area is 157 Å². The number of halogens is 1. The SMILES string of the molecule is Cc1ccc(N2C(=O)c3ccccc3[C@@H]2Nc2ccc(C)c(Cl)c2)nc1. The summed E-state index contributed by atoms with van der Waals surface area (Å²) >= 11 is 6.27. The van der Waals surface area contributed by atoms with Crippen molar-refractivity contribution in [3.8, 4) is 0 Å². The molecule has 2 aromatic carbocycles. The molecule has 0 fully saturated rings. The van der Waals surface area contributed by atoms with Gasteiger partial charge in [-0.05, 0) is 49.2 Å². The molecule has 3 aromatic rings. The quantitative estimate of drug-likeness (QED) is 0.702. The van der Waals surface area contributed by atoms with Crippen LogP contribution in [0.15, 0.2) is 60.8 Å². The summed E-state index contributed by atoms with van der Waals surface area (Å²) in [5, 5.41) is 4.13. The van der Waals surface area contributed by atoms with Crippen molar-refractivity contribution < 1.29 is 4.79 Å². The standard InChI is InChI=1S/C21H18ClN3O/c1-13-7-10-19(23-12-13)25-20(16-5-3-4-6-17(16)21(25)26)24-15-9-8-14(2)18(22)11-15/h3-12,20,24H,1-2H3/t20-/m1/s1. The lowest BCUT2D eigenvalue weighted by molar-refractivity contribution is 0.0992. The van der Waals surface area contributed by atoms with E-state index in [-0.39, 0.29) is 12.1 Å². The first-order chi connectivity index (χ1) is 12.5. The third-order valence-electron chi connectivity index (χ3n) is 4.58. The lowest BCUT2D eigenvalue weighted by atomic mass is 10.1. The Morgan fingerprint density at radius 2 is 1.88 bits per heavy atom. The van der Waals surface area contributed by atoms with Crippen molar-refractivity contribution in [2.24, 2.45) is 0 Å². The summed E-state index contributed by atoms with van der Waals surface area (Å²) in [4.78, 5) is 19.2. The number of nitrogens with zero attached hydrogens (tertiary/aromatic N) is 2. The fourth-order valence-corrected chi connectivity index (χ4v) is 3.32. The Balaban J connectivity index is 1.77. The molecule has 4 rings (SSSR count). The van der Waals surface area contributed by atoms with Crippen molar-refractivity contribution >= 4 is 29.0 Å². The van der Waals surface area contributed by atoms with Crippen LogP contribution in [-0.2, 0) is 0 Å². The molecule has 0 unspecified atom stereocenters. The van der Waals surface area contributed by atoms with Crippen LogP contribution in [0.25, 0.3) is 0 Å². The molecular formula is C21H18ClN3O. The molecule has 4 nitrogen and oxygen atoms in total. The molecule has 1 atom stereocenters. The van der Waals surface area contributed by atoms with Gasteiger partial charge in [-0.25, -0.2) is 4.98 Å². The van der Waals surface area contributed by atoms with Crippen LogP contribution in [0, 0.1) is 13.8 Å². The van der Waals surface area contributed by atoms with Gasteiger partial charge < -0.3 is 5.32 Å². The Bertz CT molecular complexity index is 985. The number of fused-ring (bicyclic) bond motifs is 1. The second kappa shape index (κ2) is 6.46. The number of hydrogen-bond donors (Lipinski definition) is 1. The van der Waals surface area contributed by atoms with E-state index in [1.54, 1.807) is 11.1 Å². The number of anilines is 2. The number of carbonyl (C=O) groups is 1. The van der Waals surface area contributed by atoms with Crippen molar-refractivity contribution in [1.82, 2.24) is 4.98 Å². The van der Waals surface area contributed by atoms with Gasteiger partial charge in [-0.2, -0.15) is 0 Å². The first-order valence-electron chi connectivity index (χ1n) is 8.42. The Kier molecular flexibility index (Phi) is 4.13. The number of benzene rings is 2. The summed E-state index contributed by atoms with van der Waals surface area (Å²) in [5.41, 5.74) is 4.53. The third-order valence-corrected chi connectivity index (χ3v) is 4.99. The molecule has 1 aliphatic rings. The van der Waals surface area contributed by atoms with E-state index in [1.165, 1.54) is 0 Å². The van der Waals surface area contributed by atoms with Crippen molar-refractivity contribution in [2.45, 2.75) is 20.0 Å². The van der Waals surface area contributed by atoms with Crippen LogP contribution in [0.3, 0.4) is 0 Å². The fourth-order valence-electron chi connectivity index (χ4n) is 3.14. The Morgan fingerprint density at radius 3 is 2.62 bits per heavy atom. The molecule has 1 amide bonds. The lowest BCUT2D eigenvalue weighted by Crippen LogP contribution is -2.32. The summed E-state index contributed by atoms with van der Waals surface area (Å²) in [6.45, 7) is 3.93. The Morgan fingerprint density at radius 1 is 1.08 bits per heavy atom. The van der Waals surface area contributed by atoms with Gasteiger partial charge in [-0.15, -0.1) is 0 Å². The minimum atomic E-state index is -0.340. The normalized spacial score (nSPS) is 15.9. The zero-order valence-electron chi connectivity index (χ0n) is 14.5. The summed E-state index contributed by atoms with van der Waals surface area (Å²) in [7, 11) is 0. The van der Waals surface area contributed by atoms with E-state index in [0.717, 1.165) is 22.4 Å². The minimum absolute atomic E-state index is 0.0624. The molecule has 0 bridgehead atoms. The number of pyridine rings is 1. The zero-order valence-corrected chi connectivity index (χ0v) is 15.3. The molecule has 0 radical (unpaired) electrons. The molecule has 0 spiro atoms. The van der Waals surface area contributed by atoms with Gasteiger partial charge in [0.1, 0.15) is 12.0 Å². The van der Waals surface area contributed by atoms with E-state index >= 15 is 0 Å². The van der Waals surface area contributed by atoms with Crippen LogP contribution in [0.4, 0.5) is 11.5 Å². The third kappa shape index (κ3) is 2.82. The second-order valence-corrected chi connectivity index (χ2v) is 6.87. The zero-order chi connectivity index (χ0) is 18.3. The maximum absolute atomic E-state index is 13.0. The summed E-state index contributed by atoms with van der Waals surface area (Å²) in [5.74, 6) is 0.556. The molecule has 2 heterocycles. The second-order valence-electron chi connectivity index (χ2n) is 6.47. The van der Waals surface area contributed by atoms with Crippen molar-refractivity contribution in [3.05, 3.63) is 88.1 Å². The van der Waals surface area contributed by atoms with E-state index in [4.69, 9.17) is 11.6 Å². The summed E-state index contributed by atoms with van der Waals surface area (Å²) in [6.07, 6.45) is 1.43. The number of rotatable bonds is 3. The molecule has 26 heavy (non-hydrogen) atoms. The van der Waals surface area contributed by atoms with Gasteiger partial charge in [0, 0.05) is 28.0 Å². The van der Waals surface area contributed by atoms with Gasteiger partial charge >= 0.3 is 0 Å². The van der Waals surface area contributed by atoms with Crippen LogP contribution < -0.4 is 10.2 Å². The van der Waals surface area contributed by atoms with Crippen LogP contribution in [0.2, 0.25) is 5.02 Å². The molecule has 0 aliphatic carbocycles. The Hall–Kier alpha value is -2.85. The number of carbonyl (C=O) groups excluding carboxylic acids is 1. The number of aryl methyl sites for hydroxylation is 2. The molecule has 0 saturated carbocycles. The number of amides is 1. The number of aromatic nitrogens is 1. The maximum Gasteiger partial charge on any atom is 0.261 e. The van der Waals surface area contributed by atoms with E-state index in [2.05, 4.69) is 10.3 Å². The van der Waals surface area contributed by atoms with Crippen LogP contribution in [-0.4, -0.2) is 10.9 Å². The molecular weight excluding hydrogens is 346 g/mol. The van der Waals surface area contributed by atoms with Crippen molar-refractivity contribution in [2.75, 3.05) is 10.2 Å². The van der Waals surface area contributed by atoms with Gasteiger partial charge in [-0.1, -0.05) is 41.9 Å². The highest BCUT2D eigenvalue weighted by Crippen LogP contribution is 2.37. The highest BCUT2D eigenvalue weighted by Gasteiger charge is 2.38. The van der Waals surface area contributed by atoms with E-state index < -0.39 is 0 Å². The first kappa shape index (κ1) is 16.6. The van der Waals surface area contributed by atoms with Gasteiger partial charge in [-0.3, -0.25) is 9.69 Å². The molecule has 5 heteroatoms. The van der Waals surface area contributed by atoms with Crippen molar-refractivity contribution in [1.29, 1.82) is 0 Å². The summed E-state index contributed by atoms with van der Waals surface area (Å²) < 4.78 is 0. The molecule has 1 aromatic heterocycles. The monoisotopic (exact) mass is 363 g/mol. The van der Waals surface area contributed by atoms with Crippen molar-refractivity contribution in [3.63, 3.8) is 0 Å². The smallest absolute Gasteiger partial charge is 0.261 e. The van der Waals surface area contributed by atoms with Crippen LogP contribution in [0.1, 0.15) is 33.2 Å². The van der Waals surface area contributed by atoms with Gasteiger partial charge in [0.15, 0.2) is 0 Å². The van der Waals surface area contributed by atoms with E-state index in [9.17, 15) is 4.79 Å². The molecule has 130 valence electrons. The molecule has 1 N–H and O–H groups in total. The van der Waals surface area contributed by atoms with E-state index in [0.29, 0.717) is 16.4 Å². The predicted octanol–water partition coefficient (Wildman–Crippen LogP) is 5.12. The first-order valence-corrected chi connectivity index (χ1v) is 8.80. The van der Waals surface area contributed by atoms with E-state index in [1.807, 2.05) is 68.4 Å². The highest BCUT2D eigenvalue weighted by atomic mass is 35.5. The predicted molar refractivity (Wildman–Crippen MR) is 105 cm³/mol. The van der Waals surface area contributed by atoms with Crippen LogP contribution >= 0.6 is 11.6 Å². The minimum Gasteiger partial charge on any atom is -0.361 e. The lowest BCUT2D eigenvalue weighted by Gasteiger charge is -2.26. The molecule has 1 aliphatic heterocycles. The largest absolute Gasteiger partial charge is 0.361 e. The molecule has 0 saturated heterocycles. The summed E-state index contributed by atoms with van der Waals surface area (Å²) in [6, 6.07) is 17.3. The van der Waals surface area contributed by atoms with Gasteiger partial charge in [0.25, 0.3) is 5.91 Å². The highest BCUT2D eigenvalue weighted by molar-refractivity contribution is 6.31.